The van der Waals surface area contributed by atoms with Gasteiger partial charge in [-0.15, -0.1) is 0 Å². The Morgan fingerprint density at radius 1 is 1.30 bits per heavy atom. The summed E-state index contributed by atoms with van der Waals surface area (Å²) in [5.74, 6) is 0.0367. The average molecular weight is 333 g/mol. The number of carbonyl (C=O) groups excluding carboxylic acids is 1. The lowest BCUT2D eigenvalue weighted by molar-refractivity contribution is 0.0702. The van der Waals surface area contributed by atoms with Crippen LogP contribution in [0.3, 0.4) is 0 Å². The van der Waals surface area contributed by atoms with Crippen molar-refractivity contribution in [3.63, 3.8) is 0 Å². The highest BCUT2D eigenvalue weighted by atomic mass is 35.5. The Morgan fingerprint density at radius 2 is 1.96 bits per heavy atom. The highest BCUT2D eigenvalue weighted by Gasteiger charge is 2.25. The fraction of sp³-hybridized carbons (Fsp3) is 0.412. The molecule has 1 saturated heterocycles. The summed E-state index contributed by atoms with van der Waals surface area (Å²) in [7, 11) is 1.89. The lowest BCUT2D eigenvalue weighted by Gasteiger charge is -2.31. The molecule has 5 nitrogen and oxygen atoms in total. The molecule has 0 bridgehead atoms. The predicted octanol–water partition coefficient (Wildman–Crippen LogP) is 2.66. The van der Waals surface area contributed by atoms with Crippen LogP contribution in [0, 0.1) is 6.92 Å². The molecule has 1 fully saturated rings. The van der Waals surface area contributed by atoms with Crippen molar-refractivity contribution in [2.24, 2.45) is 0 Å². The first-order chi connectivity index (χ1) is 11.1. The molecule has 122 valence electrons. The van der Waals surface area contributed by atoms with E-state index in [4.69, 9.17) is 11.6 Å². The molecule has 23 heavy (non-hydrogen) atoms. The molecule has 1 aromatic carbocycles. The van der Waals surface area contributed by atoms with Gasteiger partial charge in [-0.05, 0) is 57.1 Å². The van der Waals surface area contributed by atoms with Crippen LogP contribution in [0.25, 0.3) is 5.69 Å². The number of rotatable bonds is 3. The minimum absolute atomic E-state index is 0.0367. The van der Waals surface area contributed by atoms with Crippen LogP contribution >= 0.6 is 11.6 Å². The van der Waals surface area contributed by atoms with Crippen molar-refractivity contribution in [3.05, 3.63) is 46.7 Å². The SMILES string of the molecule is Cc1nn(-c2ccc(Cl)cc2)cc1C(=O)N(C)C1CCNCC1. The van der Waals surface area contributed by atoms with E-state index in [9.17, 15) is 4.79 Å². The minimum Gasteiger partial charge on any atom is -0.339 e. The molecule has 0 aliphatic carbocycles. The van der Waals surface area contributed by atoms with Gasteiger partial charge in [0.05, 0.1) is 16.9 Å². The third-order valence-electron chi connectivity index (χ3n) is 4.40. The first kappa shape index (κ1) is 16.0. The second-order valence-corrected chi connectivity index (χ2v) is 6.38. The number of aryl methyl sites for hydroxylation is 1. The van der Waals surface area contributed by atoms with Crippen LogP contribution in [0.5, 0.6) is 0 Å². The topological polar surface area (TPSA) is 50.2 Å². The van der Waals surface area contributed by atoms with E-state index in [2.05, 4.69) is 10.4 Å². The second kappa shape index (κ2) is 6.72. The molecular formula is C17H21ClN4O. The molecule has 1 aliphatic heterocycles. The van der Waals surface area contributed by atoms with Crippen molar-refractivity contribution in [1.82, 2.24) is 20.0 Å². The molecule has 6 heteroatoms. The summed E-state index contributed by atoms with van der Waals surface area (Å²) >= 11 is 5.92. The Hall–Kier alpha value is -1.85. The molecule has 0 atom stereocenters. The number of benzene rings is 1. The van der Waals surface area contributed by atoms with E-state index in [-0.39, 0.29) is 5.91 Å². The number of hydrogen-bond acceptors (Lipinski definition) is 3. The number of aromatic nitrogens is 2. The predicted molar refractivity (Wildman–Crippen MR) is 91.3 cm³/mol. The van der Waals surface area contributed by atoms with Crippen molar-refractivity contribution in [1.29, 1.82) is 0 Å². The lowest BCUT2D eigenvalue weighted by atomic mass is 10.0. The number of amides is 1. The first-order valence-electron chi connectivity index (χ1n) is 7.86. The van der Waals surface area contributed by atoms with E-state index >= 15 is 0 Å². The van der Waals surface area contributed by atoms with E-state index in [1.54, 1.807) is 10.9 Å². The van der Waals surface area contributed by atoms with Crippen LogP contribution in [-0.2, 0) is 0 Å². The number of nitrogens with one attached hydrogen (secondary N) is 1. The van der Waals surface area contributed by atoms with Crippen LogP contribution in [0.4, 0.5) is 0 Å². The smallest absolute Gasteiger partial charge is 0.257 e. The zero-order valence-electron chi connectivity index (χ0n) is 13.4. The Bertz CT molecular complexity index is 689. The van der Waals surface area contributed by atoms with Gasteiger partial charge in [0.25, 0.3) is 5.91 Å². The number of nitrogens with zero attached hydrogens (tertiary/aromatic N) is 3. The van der Waals surface area contributed by atoms with Crippen LogP contribution in [0.2, 0.25) is 5.02 Å². The zero-order valence-corrected chi connectivity index (χ0v) is 14.2. The van der Waals surface area contributed by atoms with Gasteiger partial charge in [-0.3, -0.25) is 4.79 Å². The number of piperidine rings is 1. The van der Waals surface area contributed by atoms with E-state index in [0.717, 1.165) is 37.3 Å². The Labute approximate surface area is 141 Å². The van der Waals surface area contributed by atoms with Gasteiger partial charge < -0.3 is 10.2 Å². The summed E-state index contributed by atoms with van der Waals surface area (Å²) in [6.45, 7) is 3.80. The number of carbonyl (C=O) groups is 1. The Morgan fingerprint density at radius 3 is 2.61 bits per heavy atom. The standard InChI is InChI=1S/C17H21ClN4O/c1-12-16(17(23)21(2)14-7-9-19-10-8-14)11-22(20-12)15-5-3-13(18)4-6-15/h3-6,11,14,19H,7-10H2,1-2H3. The minimum atomic E-state index is 0.0367. The van der Waals surface area contributed by atoms with E-state index in [0.29, 0.717) is 16.6 Å². The summed E-state index contributed by atoms with van der Waals surface area (Å²) in [6, 6.07) is 7.70. The molecular weight excluding hydrogens is 312 g/mol. The van der Waals surface area contributed by atoms with Crippen molar-refractivity contribution < 1.29 is 4.79 Å². The first-order valence-corrected chi connectivity index (χ1v) is 8.24. The normalized spacial score (nSPS) is 15.6. The largest absolute Gasteiger partial charge is 0.339 e. The monoisotopic (exact) mass is 332 g/mol. The van der Waals surface area contributed by atoms with Gasteiger partial charge in [0.1, 0.15) is 0 Å². The van der Waals surface area contributed by atoms with Crippen molar-refractivity contribution in [2.75, 3.05) is 20.1 Å². The average Bonchev–Trinajstić information content (AvgIpc) is 2.96. The quantitative estimate of drug-likeness (QED) is 0.940. The molecule has 0 radical (unpaired) electrons. The van der Waals surface area contributed by atoms with Crippen molar-refractivity contribution >= 4 is 17.5 Å². The maximum Gasteiger partial charge on any atom is 0.257 e. The van der Waals surface area contributed by atoms with Gasteiger partial charge in [0, 0.05) is 24.3 Å². The van der Waals surface area contributed by atoms with Gasteiger partial charge in [0.2, 0.25) is 0 Å². The molecule has 3 rings (SSSR count). The van der Waals surface area contributed by atoms with Gasteiger partial charge in [-0.25, -0.2) is 4.68 Å². The Kier molecular flexibility index (Phi) is 4.68. The number of hydrogen-bond donors (Lipinski definition) is 1. The lowest BCUT2D eigenvalue weighted by Crippen LogP contribution is -2.44. The molecule has 2 aromatic rings. The maximum absolute atomic E-state index is 12.8. The molecule has 0 spiro atoms. The summed E-state index contributed by atoms with van der Waals surface area (Å²) in [4.78, 5) is 14.7. The van der Waals surface area contributed by atoms with Crippen LogP contribution in [0.1, 0.15) is 28.9 Å². The summed E-state index contributed by atoms with van der Waals surface area (Å²) < 4.78 is 1.73. The van der Waals surface area contributed by atoms with E-state index in [1.807, 2.05) is 43.1 Å². The number of halogens is 1. The van der Waals surface area contributed by atoms with E-state index < -0.39 is 0 Å². The Balaban J connectivity index is 1.82. The highest BCUT2D eigenvalue weighted by Crippen LogP contribution is 2.18. The summed E-state index contributed by atoms with van der Waals surface area (Å²) in [5.41, 5.74) is 2.28. The van der Waals surface area contributed by atoms with Gasteiger partial charge in [0.15, 0.2) is 0 Å². The molecule has 0 saturated carbocycles. The third-order valence-corrected chi connectivity index (χ3v) is 4.65. The van der Waals surface area contributed by atoms with Crippen LogP contribution in [0.15, 0.2) is 30.5 Å². The van der Waals surface area contributed by atoms with Gasteiger partial charge in [-0.2, -0.15) is 5.10 Å². The fourth-order valence-corrected chi connectivity index (χ4v) is 3.07. The molecule has 1 aliphatic rings. The molecule has 1 N–H and O–H groups in total. The third kappa shape index (κ3) is 3.41. The van der Waals surface area contributed by atoms with Crippen LogP contribution < -0.4 is 5.32 Å². The fourth-order valence-electron chi connectivity index (χ4n) is 2.95. The second-order valence-electron chi connectivity index (χ2n) is 5.95. The maximum atomic E-state index is 12.8. The molecule has 1 amide bonds. The molecule has 0 unspecified atom stereocenters. The van der Waals surface area contributed by atoms with E-state index in [1.165, 1.54) is 0 Å². The highest BCUT2D eigenvalue weighted by molar-refractivity contribution is 6.30. The summed E-state index contributed by atoms with van der Waals surface area (Å²) in [6.07, 6.45) is 3.79. The molecule has 2 heterocycles. The van der Waals surface area contributed by atoms with Crippen LogP contribution in [-0.4, -0.2) is 46.8 Å². The van der Waals surface area contributed by atoms with Gasteiger partial charge >= 0.3 is 0 Å². The summed E-state index contributed by atoms with van der Waals surface area (Å²) in [5, 5.41) is 8.48. The zero-order chi connectivity index (χ0) is 16.4. The van der Waals surface area contributed by atoms with Crippen molar-refractivity contribution in [3.8, 4) is 5.69 Å². The van der Waals surface area contributed by atoms with Crippen molar-refractivity contribution in [2.45, 2.75) is 25.8 Å². The molecule has 1 aromatic heterocycles. The van der Waals surface area contributed by atoms with Gasteiger partial charge in [-0.1, -0.05) is 11.6 Å².